The van der Waals surface area contributed by atoms with E-state index in [-0.39, 0.29) is 0 Å². The molecule has 0 bridgehead atoms. The molecular formula is C16H11Cl2N. The number of halogens is 2. The molecular weight excluding hydrogens is 277 g/mol. The van der Waals surface area contributed by atoms with Crippen LogP contribution in [0.15, 0.2) is 61.3 Å². The summed E-state index contributed by atoms with van der Waals surface area (Å²) in [5.74, 6) is 0. The van der Waals surface area contributed by atoms with Crippen molar-refractivity contribution in [2.75, 3.05) is 0 Å². The monoisotopic (exact) mass is 287 g/mol. The molecule has 0 aliphatic heterocycles. The van der Waals surface area contributed by atoms with E-state index in [0.29, 0.717) is 10.0 Å². The predicted octanol–water partition coefficient (Wildman–Crippen LogP) is 5.47. The Morgan fingerprint density at radius 1 is 1.00 bits per heavy atom. The Balaban J connectivity index is 2.17. The first kappa shape index (κ1) is 12.3. The molecule has 0 aliphatic carbocycles. The molecule has 3 aromatic rings. The molecule has 0 N–H and O–H groups in total. The highest BCUT2D eigenvalue weighted by molar-refractivity contribution is 6.32. The largest absolute Gasteiger partial charge is 0.316 e. The van der Waals surface area contributed by atoms with Gasteiger partial charge in [-0.15, -0.1) is 0 Å². The van der Waals surface area contributed by atoms with E-state index >= 15 is 0 Å². The Hall–Kier alpha value is -1.70. The van der Waals surface area contributed by atoms with Gasteiger partial charge in [0.15, 0.2) is 0 Å². The van der Waals surface area contributed by atoms with Gasteiger partial charge in [0.2, 0.25) is 0 Å². The van der Waals surface area contributed by atoms with Crippen molar-refractivity contribution in [3.63, 3.8) is 0 Å². The molecule has 0 unspecified atom stereocenters. The standard InChI is InChI=1S/C16H11Cl2N/c1-11(14-4-2-3-5-15(14)18)19-9-8-12-6-7-13(17)10-16(12)19/h2-10H,1H2. The van der Waals surface area contributed by atoms with E-state index in [4.69, 9.17) is 23.2 Å². The van der Waals surface area contributed by atoms with Crippen molar-refractivity contribution in [1.82, 2.24) is 4.57 Å². The summed E-state index contributed by atoms with van der Waals surface area (Å²) in [4.78, 5) is 0. The van der Waals surface area contributed by atoms with Gasteiger partial charge in [-0.3, -0.25) is 0 Å². The molecule has 0 spiro atoms. The van der Waals surface area contributed by atoms with Crippen LogP contribution in [0.3, 0.4) is 0 Å². The van der Waals surface area contributed by atoms with Gasteiger partial charge in [0.25, 0.3) is 0 Å². The first-order valence-corrected chi connectivity index (χ1v) is 6.63. The summed E-state index contributed by atoms with van der Waals surface area (Å²) in [6, 6.07) is 15.5. The number of hydrogen-bond acceptors (Lipinski definition) is 0. The van der Waals surface area contributed by atoms with E-state index in [0.717, 1.165) is 22.2 Å². The van der Waals surface area contributed by atoms with Gasteiger partial charge in [0.05, 0.1) is 5.52 Å². The van der Waals surface area contributed by atoms with E-state index < -0.39 is 0 Å². The van der Waals surface area contributed by atoms with Crippen molar-refractivity contribution < 1.29 is 0 Å². The first-order valence-electron chi connectivity index (χ1n) is 5.87. The van der Waals surface area contributed by atoms with E-state index in [1.54, 1.807) is 0 Å². The van der Waals surface area contributed by atoms with Crippen LogP contribution in [-0.4, -0.2) is 4.57 Å². The molecule has 0 amide bonds. The van der Waals surface area contributed by atoms with E-state index in [1.807, 2.05) is 59.3 Å². The molecule has 3 rings (SSSR count). The van der Waals surface area contributed by atoms with Gasteiger partial charge in [-0.2, -0.15) is 0 Å². The van der Waals surface area contributed by atoms with Crippen LogP contribution >= 0.6 is 23.2 Å². The Bertz CT molecular complexity index is 771. The van der Waals surface area contributed by atoms with Gasteiger partial charge >= 0.3 is 0 Å². The smallest absolute Gasteiger partial charge is 0.0543 e. The van der Waals surface area contributed by atoms with Crippen LogP contribution in [0.2, 0.25) is 10.0 Å². The number of fused-ring (bicyclic) bond motifs is 1. The molecule has 0 saturated heterocycles. The molecule has 0 fully saturated rings. The van der Waals surface area contributed by atoms with E-state index in [2.05, 4.69) is 6.58 Å². The lowest BCUT2D eigenvalue weighted by Gasteiger charge is -2.11. The molecule has 1 nitrogen and oxygen atoms in total. The quantitative estimate of drug-likeness (QED) is 0.589. The molecule has 0 saturated carbocycles. The fourth-order valence-corrected chi connectivity index (χ4v) is 2.57. The number of benzene rings is 2. The summed E-state index contributed by atoms with van der Waals surface area (Å²) in [7, 11) is 0. The maximum atomic E-state index is 6.22. The lowest BCUT2D eigenvalue weighted by molar-refractivity contribution is 1.17. The number of nitrogens with zero attached hydrogens (tertiary/aromatic N) is 1. The van der Waals surface area contributed by atoms with Crippen molar-refractivity contribution in [3.05, 3.63) is 76.9 Å². The maximum Gasteiger partial charge on any atom is 0.0543 e. The van der Waals surface area contributed by atoms with Crippen LogP contribution in [0, 0.1) is 0 Å². The molecule has 0 atom stereocenters. The van der Waals surface area contributed by atoms with Crippen LogP contribution in [0.4, 0.5) is 0 Å². The molecule has 2 aromatic carbocycles. The molecule has 19 heavy (non-hydrogen) atoms. The predicted molar refractivity (Wildman–Crippen MR) is 82.8 cm³/mol. The Morgan fingerprint density at radius 2 is 1.79 bits per heavy atom. The van der Waals surface area contributed by atoms with Gasteiger partial charge < -0.3 is 4.57 Å². The summed E-state index contributed by atoms with van der Waals surface area (Å²) in [5.41, 5.74) is 2.78. The van der Waals surface area contributed by atoms with Crippen molar-refractivity contribution in [2.45, 2.75) is 0 Å². The summed E-state index contributed by atoms with van der Waals surface area (Å²) in [6.45, 7) is 4.14. The normalized spacial score (nSPS) is 10.8. The third-order valence-electron chi connectivity index (χ3n) is 3.13. The maximum absolute atomic E-state index is 6.22. The number of rotatable bonds is 2. The van der Waals surface area contributed by atoms with Crippen molar-refractivity contribution in [3.8, 4) is 0 Å². The highest BCUT2D eigenvalue weighted by Crippen LogP contribution is 2.28. The minimum atomic E-state index is 0.691. The fourth-order valence-electron chi connectivity index (χ4n) is 2.16. The Kier molecular flexibility index (Phi) is 3.09. The summed E-state index contributed by atoms with van der Waals surface area (Å²) >= 11 is 12.3. The zero-order valence-corrected chi connectivity index (χ0v) is 11.6. The second kappa shape index (κ2) is 4.76. The summed E-state index contributed by atoms with van der Waals surface area (Å²) in [6.07, 6.45) is 1.98. The third kappa shape index (κ3) is 2.16. The lowest BCUT2D eigenvalue weighted by atomic mass is 10.1. The van der Waals surface area contributed by atoms with Gasteiger partial charge in [-0.05, 0) is 24.3 Å². The molecule has 3 heteroatoms. The van der Waals surface area contributed by atoms with Crippen molar-refractivity contribution in [1.29, 1.82) is 0 Å². The van der Waals surface area contributed by atoms with Gasteiger partial charge in [-0.1, -0.05) is 54.0 Å². The number of hydrogen-bond donors (Lipinski definition) is 0. The fraction of sp³-hybridized carbons (Fsp3) is 0. The van der Waals surface area contributed by atoms with Crippen LogP contribution in [0.1, 0.15) is 5.56 Å². The summed E-state index contributed by atoms with van der Waals surface area (Å²) < 4.78 is 2.00. The van der Waals surface area contributed by atoms with Crippen molar-refractivity contribution >= 4 is 39.8 Å². The van der Waals surface area contributed by atoms with Gasteiger partial charge in [-0.25, -0.2) is 0 Å². The van der Waals surface area contributed by atoms with Crippen LogP contribution in [0.5, 0.6) is 0 Å². The Morgan fingerprint density at radius 3 is 2.58 bits per heavy atom. The first-order chi connectivity index (χ1) is 9.16. The zero-order valence-electron chi connectivity index (χ0n) is 10.1. The third-order valence-corrected chi connectivity index (χ3v) is 3.70. The minimum absolute atomic E-state index is 0.691. The highest BCUT2D eigenvalue weighted by atomic mass is 35.5. The van der Waals surface area contributed by atoms with Gasteiger partial charge in [0.1, 0.15) is 0 Å². The SMILES string of the molecule is C=C(c1ccccc1Cl)n1ccc2ccc(Cl)cc21. The minimum Gasteiger partial charge on any atom is -0.316 e. The second-order valence-electron chi connectivity index (χ2n) is 4.32. The molecule has 1 heterocycles. The molecule has 1 aromatic heterocycles. The van der Waals surface area contributed by atoms with Crippen LogP contribution in [-0.2, 0) is 0 Å². The average molecular weight is 288 g/mol. The summed E-state index contributed by atoms with van der Waals surface area (Å²) in [5, 5.41) is 2.52. The van der Waals surface area contributed by atoms with Crippen LogP contribution in [0.25, 0.3) is 16.6 Å². The lowest BCUT2D eigenvalue weighted by Crippen LogP contribution is -1.96. The van der Waals surface area contributed by atoms with E-state index in [1.165, 1.54) is 0 Å². The Labute approximate surface area is 121 Å². The highest BCUT2D eigenvalue weighted by Gasteiger charge is 2.09. The average Bonchev–Trinajstić information content (AvgIpc) is 2.81. The topological polar surface area (TPSA) is 4.93 Å². The molecule has 0 aliphatic rings. The molecule has 94 valence electrons. The molecule has 0 radical (unpaired) electrons. The second-order valence-corrected chi connectivity index (χ2v) is 5.16. The van der Waals surface area contributed by atoms with Gasteiger partial charge in [0, 0.05) is 32.9 Å². The van der Waals surface area contributed by atoms with E-state index in [9.17, 15) is 0 Å². The number of aromatic nitrogens is 1. The van der Waals surface area contributed by atoms with Crippen molar-refractivity contribution in [2.24, 2.45) is 0 Å². The zero-order chi connectivity index (χ0) is 13.4. The van der Waals surface area contributed by atoms with Crippen LogP contribution < -0.4 is 0 Å².